The van der Waals surface area contributed by atoms with Gasteiger partial charge in [0.05, 0.1) is 18.8 Å². The van der Waals surface area contributed by atoms with E-state index in [1.54, 1.807) is 19.5 Å². The van der Waals surface area contributed by atoms with E-state index in [0.29, 0.717) is 0 Å². The quantitative estimate of drug-likeness (QED) is 0.680. The van der Waals surface area contributed by atoms with Crippen LogP contribution in [0.2, 0.25) is 0 Å². The third-order valence-electron chi connectivity index (χ3n) is 4.97. The van der Waals surface area contributed by atoms with E-state index in [4.69, 9.17) is 4.74 Å². The number of ether oxygens (including phenoxy) is 1. The minimum Gasteiger partial charge on any atom is -0.495 e. The number of pyridine rings is 1. The van der Waals surface area contributed by atoms with Crippen LogP contribution in [0.1, 0.15) is 22.4 Å². The molecule has 4 heteroatoms. The number of fused-ring (bicyclic) bond motifs is 3. The van der Waals surface area contributed by atoms with Gasteiger partial charge < -0.3 is 14.2 Å². The van der Waals surface area contributed by atoms with Gasteiger partial charge in [0.2, 0.25) is 0 Å². The summed E-state index contributed by atoms with van der Waals surface area (Å²) in [6.07, 6.45) is 6.76. The molecule has 128 valence electrons. The van der Waals surface area contributed by atoms with E-state index in [-0.39, 0.29) is 0 Å². The highest BCUT2D eigenvalue weighted by Gasteiger charge is 2.22. The number of nitrogens with zero attached hydrogens (tertiary/aromatic N) is 3. The molecule has 0 amide bonds. The van der Waals surface area contributed by atoms with Gasteiger partial charge in [-0.1, -0.05) is 11.6 Å². The maximum atomic E-state index is 5.70. The van der Waals surface area contributed by atoms with Crippen molar-refractivity contribution < 1.29 is 4.74 Å². The largest absolute Gasteiger partial charge is 0.495 e. The van der Waals surface area contributed by atoms with Gasteiger partial charge >= 0.3 is 0 Å². The van der Waals surface area contributed by atoms with Gasteiger partial charge in [-0.05, 0) is 43.8 Å². The van der Waals surface area contributed by atoms with Crippen molar-refractivity contribution in [3.8, 4) is 0 Å². The van der Waals surface area contributed by atoms with Crippen LogP contribution < -0.4 is 0 Å². The molecule has 0 radical (unpaired) electrons. The van der Waals surface area contributed by atoms with E-state index in [1.807, 2.05) is 12.1 Å². The molecular formula is C21H23N3O. The van der Waals surface area contributed by atoms with Crippen molar-refractivity contribution in [2.75, 3.05) is 20.7 Å². The first kappa shape index (κ1) is 15.9. The summed E-state index contributed by atoms with van der Waals surface area (Å²) in [5.74, 6) is 0.849. The molecule has 0 spiro atoms. The first-order chi connectivity index (χ1) is 12.2. The minimum absolute atomic E-state index is 0.849. The molecule has 2 aromatic heterocycles. The van der Waals surface area contributed by atoms with Crippen molar-refractivity contribution >= 4 is 22.9 Å². The number of benzene rings is 1. The fourth-order valence-electron chi connectivity index (χ4n) is 3.67. The SMILES string of the molecule is COC(=Cn1c2c(c3cc(C)ccc31)CN(C)CC2)c1ccncc1. The molecule has 0 fully saturated rings. The van der Waals surface area contributed by atoms with E-state index < -0.39 is 0 Å². The second-order valence-electron chi connectivity index (χ2n) is 6.74. The Morgan fingerprint density at radius 1 is 1.20 bits per heavy atom. The number of methoxy groups -OCH3 is 1. The molecule has 0 saturated heterocycles. The predicted octanol–water partition coefficient (Wildman–Crippen LogP) is 3.93. The van der Waals surface area contributed by atoms with E-state index in [1.165, 1.54) is 27.7 Å². The normalized spacial score (nSPS) is 15.4. The molecular weight excluding hydrogens is 310 g/mol. The van der Waals surface area contributed by atoms with E-state index >= 15 is 0 Å². The number of rotatable bonds is 3. The Hall–Kier alpha value is -2.59. The van der Waals surface area contributed by atoms with Gasteiger partial charge in [0.15, 0.2) is 0 Å². The first-order valence-electron chi connectivity index (χ1n) is 8.64. The molecule has 3 heterocycles. The smallest absolute Gasteiger partial charge is 0.142 e. The fraction of sp³-hybridized carbons (Fsp3) is 0.286. The zero-order valence-electron chi connectivity index (χ0n) is 15.0. The molecule has 4 rings (SSSR count). The highest BCUT2D eigenvalue weighted by molar-refractivity contribution is 5.90. The summed E-state index contributed by atoms with van der Waals surface area (Å²) in [5, 5.41) is 1.35. The molecule has 0 atom stereocenters. The average molecular weight is 333 g/mol. The van der Waals surface area contributed by atoms with Gasteiger partial charge in [0.1, 0.15) is 5.76 Å². The number of hydrogen-bond donors (Lipinski definition) is 0. The van der Waals surface area contributed by atoms with E-state index in [2.05, 4.69) is 52.8 Å². The van der Waals surface area contributed by atoms with Crippen molar-refractivity contribution in [1.29, 1.82) is 0 Å². The van der Waals surface area contributed by atoms with Crippen molar-refractivity contribution in [2.45, 2.75) is 19.9 Å². The van der Waals surface area contributed by atoms with Crippen LogP contribution in [-0.4, -0.2) is 35.2 Å². The summed E-state index contributed by atoms with van der Waals surface area (Å²) >= 11 is 0. The average Bonchev–Trinajstić information content (AvgIpc) is 2.92. The summed E-state index contributed by atoms with van der Waals surface area (Å²) in [6, 6.07) is 10.7. The van der Waals surface area contributed by atoms with Gasteiger partial charge in [-0.25, -0.2) is 0 Å². The molecule has 0 bridgehead atoms. The van der Waals surface area contributed by atoms with Crippen molar-refractivity contribution in [3.05, 3.63) is 65.1 Å². The van der Waals surface area contributed by atoms with Crippen LogP contribution in [0.3, 0.4) is 0 Å². The van der Waals surface area contributed by atoms with Crippen LogP contribution in [0.25, 0.3) is 22.9 Å². The van der Waals surface area contributed by atoms with Crippen molar-refractivity contribution in [3.63, 3.8) is 0 Å². The Morgan fingerprint density at radius 3 is 2.76 bits per heavy atom. The Balaban J connectivity index is 1.94. The number of likely N-dealkylation sites (N-methyl/N-ethyl adjacent to an activating group) is 1. The predicted molar refractivity (Wildman–Crippen MR) is 102 cm³/mol. The second-order valence-corrected chi connectivity index (χ2v) is 6.74. The van der Waals surface area contributed by atoms with Crippen LogP contribution in [0, 0.1) is 6.92 Å². The van der Waals surface area contributed by atoms with Crippen LogP contribution in [0.15, 0.2) is 42.7 Å². The molecule has 0 unspecified atom stereocenters. The summed E-state index contributed by atoms with van der Waals surface area (Å²) < 4.78 is 8.01. The maximum Gasteiger partial charge on any atom is 0.142 e. The fourth-order valence-corrected chi connectivity index (χ4v) is 3.67. The zero-order valence-corrected chi connectivity index (χ0v) is 15.0. The first-order valence-corrected chi connectivity index (χ1v) is 8.64. The highest BCUT2D eigenvalue weighted by Crippen LogP contribution is 2.32. The monoisotopic (exact) mass is 333 g/mol. The molecule has 0 aliphatic carbocycles. The third-order valence-corrected chi connectivity index (χ3v) is 4.97. The lowest BCUT2D eigenvalue weighted by Crippen LogP contribution is -2.26. The molecule has 1 aromatic carbocycles. The van der Waals surface area contributed by atoms with Crippen LogP contribution >= 0.6 is 0 Å². The molecule has 1 aliphatic heterocycles. The summed E-state index contributed by atoms with van der Waals surface area (Å²) in [7, 11) is 3.91. The molecule has 1 aliphatic rings. The van der Waals surface area contributed by atoms with Gasteiger partial charge in [-0.3, -0.25) is 4.98 Å². The van der Waals surface area contributed by atoms with Crippen molar-refractivity contribution in [2.24, 2.45) is 0 Å². The lowest BCUT2D eigenvalue weighted by Gasteiger charge is -2.23. The minimum atomic E-state index is 0.849. The standard InChI is InChI=1S/C21H23N3O/c1-15-4-5-19-17(12-15)18-13-23(2)11-8-20(18)24(19)14-21(25-3)16-6-9-22-10-7-16/h4-7,9-10,12,14H,8,11,13H2,1-3H3. The lowest BCUT2D eigenvalue weighted by atomic mass is 10.0. The molecule has 25 heavy (non-hydrogen) atoms. The topological polar surface area (TPSA) is 30.3 Å². The van der Waals surface area contributed by atoms with Crippen LogP contribution in [-0.2, 0) is 17.7 Å². The number of aryl methyl sites for hydroxylation is 1. The van der Waals surface area contributed by atoms with Gasteiger partial charge in [-0.15, -0.1) is 0 Å². The Morgan fingerprint density at radius 2 is 2.00 bits per heavy atom. The summed E-state index contributed by atoms with van der Waals surface area (Å²) in [6.45, 7) is 4.23. The van der Waals surface area contributed by atoms with Crippen molar-refractivity contribution in [1.82, 2.24) is 14.5 Å². The highest BCUT2D eigenvalue weighted by atomic mass is 16.5. The van der Waals surface area contributed by atoms with Crippen LogP contribution in [0.4, 0.5) is 0 Å². The Bertz CT molecular complexity index is 941. The Labute approximate surface area is 148 Å². The molecule has 4 nitrogen and oxygen atoms in total. The summed E-state index contributed by atoms with van der Waals surface area (Å²) in [4.78, 5) is 6.49. The lowest BCUT2D eigenvalue weighted by molar-refractivity contribution is 0.311. The van der Waals surface area contributed by atoms with E-state index in [9.17, 15) is 0 Å². The molecule has 3 aromatic rings. The number of hydrogen-bond acceptors (Lipinski definition) is 3. The van der Waals surface area contributed by atoms with Gasteiger partial charge in [-0.2, -0.15) is 0 Å². The molecule has 0 saturated carbocycles. The van der Waals surface area contributed by atoms with Crippen LogP contribution in [0.5, 0.6) is 0 Å². The second kappa shape index (κ2) is 6.37. The number of aromatic nitrogens is 2. The molecule has 0 N–H and O–H groups in total. The van der Waals surface area contributed by atoms with Gasteiger partial charge in [0.25, 0.3) is 0 Å². The van der Waals surface area contributed by atoms with E-state index in [0.717, 1.165) is 30.8 Å². The zero-order chi connectivity index (χ0) is 17.4. The Kier molecular flexibility index (Phi) is 4.06. The third kappa shape index (κ3) is 2.83. The maximum absolute atomic E-state index is 5.70. The summed E-state index contributed by atoms with van der Waals surface area (Å²) in [5.41, 5.74) is 6.41. The van der Waals surface area contributed by atoms with Gasteiger partial charge in [0, 0.05) is 48.5 Å².